The van der Waals surface area contributed by atoms with E-state index in [1.807, 2.05) is 0 Å². The van der Waals surface area contributed by atoms with Crippen molar-refractivity contribution in [3.63, 3.8) is 0 Å². The van der Waals surface area contributed by atoms with E-state index in [0.29, 0.717) is 6.04 Å². The van der Waals surface area contributed by atoms with Crippen molar-refractivity contribution in [1.82, 2.24) is 14.9 Å². The minimum Gasteiger partial charge on any atom is -0.353 e. The molecule has 1 aliphatic carbocycles. The Labute approximate surface area is 190 Å². The van der Waals surface area contributed by atoms with Gasteiger partial charge in [0.2, 0.25) is 11.9 Å². The number of nitrogens with one attached hydrogen (secondary N) is 1. The van der Waals surface area contributed by atoms with Crippen molar-refractivity contribution in [1.29, 1.82) is 0 Å². The van der Waals surface area contributed by atoms with E-state index in [-0.39, 0.29) is 11.8 Å². The van der Waals surface area contributed by atoms with E-state index < -0.39 is 0 Å². The lowest BCUT2D eigenvalue weighted by Gasteiger charge is -2.33. The maximum absolute atomic E-state index is 12.8. The quantitative estimate of drug-likeness (QED) is 0.621. The van der Waals surface area contributed by atoms with Crippen molar-refractivity contribution >= 4 is 22.9 Å². The fourth-order valence-electron chi connectivity index (χ4n) is 5.26. The second-order valence-corrected chi connectivity index (χ2v) is 9.66. The van der Waals surface area contributed by atoms with Gasteiger partial charge in [-0.15, -0.1) is 0 Å². The number of imidazole rings is 1. The fourth-order valence-corrected chi connectivity index (χ4v) is 5.26. The molecule has 0 radical (unpaired) electrons. The average molecular weight is 431 g/mol. The van der Waals surface area contributed by atoms with Gasteiger partial charge >= 0.3 is 0 Å². The SMILES string of the molecule is Cc1cc2nc(N3CCC(C(=O)NC4CCCC4)CC3)n(Cc3ccccc3)c2cc1C. The van der Waals surface area contributed by atoms with Gasteiger partial charge in [0.05, 0.1) is 17.6 Å². The molecule has 1 aliphatic heterocycles. The van der Waals surface area contributed by atoms with E-state index in [9.17, 15) is 4.79 Å². The Morgan fingerprint density at radius 2 is 1.69 bits per heavy atom. The van der Waals surface area contributed by atoms with Gasteiger partial charge in [0, 0.05) is 25.0 Å². The van der Waals surface area contributed by atoms with E-state index in [0.717, 1.165) is 56.8 Å². The number of aromatic nitrogens is 2. The number of carbonyl (C=O) groups is 1. The highest BCUT2D eigenvalue weighted by Gasteiger charge is 2.29. The van der Waals surface area contributed by atoms with E-state index in [2.05, 4.69) is 71.1 Å². The smallest absolute Gasteiger partial charge is 0.223 e. The van der Waals surface area contributed by atoms with Crippen molar-refractivity contribution in [3.8, 4) is 0 Å². The minimum absolute atomic E-state index is 0.128. The van der Waals surface area contributed by atoms with Crippen LogP contribution in [-0.2, 0) is 11.3 Å². The number of nitrogens with zero attached hydrogens (tertiary/aromatic N) is 3. The van der Waals surface area contributed by atoms with Crippen molar-refractivity contribution < 1.29 is 4.79 Å². The monoisotopic (exact) mass is 430 g/mol. The number of carbonyl (C=O) groups excluding carboxylic acids is 1. The molecule has 1 saturated heterocycles. The highest BCUT2D eigenvalue weighted by Crippen LogP contribution is 2.30. The molecular weight excluding hydrogens is 396 g/mol. The predicted molar refractivity (Wildman–Crippen MR) is 130 cm³/mol. The van der Waals surface area contributed by atoms with Gasteiger partial charge in [-0.05, 0) is 68.4 Å². The maximum Gasteiger partial charge on any atom is 0.223 e. The molecule has 32 heavy (non-hydrogen) atoms. The van der Waals surface area contributed by atoms with Crippen LogP contribution in [0.2, 0.25) is 0 Å². The Hall–Kier alpha value is -2.82. The zero-order valence-corrected chi connectivity index (χ0v) is 19.3. The first-order valence-electron chi connectivity index (χ1n) is 12.2. The van der Waals surface area contributed by atoms with Crippen LogP contribution in [0.15, 0.2) is 42.5 Å². The molecule has 0 atom stereocenters. The zero-order valence-electron chi connectivity index (χ0n) is 19.3. The molecule has 0 spiro atoms. The second kappa shape index (κ2) is 8.97. The molecule has 2 fully saturated rings. The van der Waals surface area contributed by atoms with Crippen LogP contribution in [0.3, 0.4) is 0 Å². The van der Waals surface area contributed by atoms with Crippen LogP contribution in [0.25, 0.3) is 11.0 Å². The summed E-state index contributed by atoms with van der Waals surface area (Å²) in [5.41, 5.74) is 6.08. The highest BCUT2D eigenvalue weighted by atomic mass is 16.1. The zero-order chi connectivity index (χ0) is 22.1. The summed E-state index contributed by atoms with van der Waals surface area (Å²) in [6.45, 7) is 6.87. The lowest BCUT2D eigenvalue weighted by molar-refractivity contribution is -0.126. The van der Waals surface area contributed by atoms with Crippen LogP contribution in [0.4, 0.5) is 5.95 Å². The molecule has 0 unspecified atom stereocenters. The number of piperidine rings is 1. The summed E-state index contributed by atoms with van der Waals surface area (Å²) >= 11 is 0. The maximum atomic E-state index is 12.8. The Kier molecular flexibility index (Phi) is 5.90. The summed E-state index contributed by atoms with van der Waals surface area (Å²) in [7, 11) is 0. The van der Waals surface area contributed by atoms with Crippen molar-refractivity contribution in [3.05, 3.63) is 59.2 Å². The first-order chi connectivity index (χ1) is 15.6. The van der Waals surface area contributed by atoms with Gasteiger partial charge in [-0.1, -0.05) is 43.2 Å². The van der Waals surface area contributed by atoms with Crippen LogP contribution in [0, 0.1) is 19.8 Å². The number of fused-ring (bicyclic) bond motifs is 1. The molecule has 3 aromatic rings. The Morgan fingerprint density at radius 3 is 2.41 bits per heavy atom. The summed E-state index contributed by atoms with van der Waals surface area (Å²) in [6.07, 6.45) is 6.58. The van der Waals surface area contributed by atoms with Gasteiger partial charge in [-0.2, -0.15) is 0 Å². The summed E-state index contributed by atoms with van der Waals surface area (Å²) in [6, 6.07) is 15.5. The molecule has 0 bridgehead atoms. The molecule has 1 N–H and O–H groups in total. The topological polar surface area (TPSA) is 50.2 Å². The van der Waals surface area contributed by atoms with Crippen molar-refractivity contribution in [2.75, 3.05) is 18.0 Å². The summed E-state index contributed by atoms with van der Waals surface area (Å²) in [5.74, 6) is 1.42. The normalized spacial score (nSPS) is 17.9. The Balaban J connectivity index is 1.37. The largest absolute Gasteiger partial charge is 0.353 e. The minimum atomic E-state index is 0.128. The van der Waals surface area contributed by atoms with Crippen LogP contribution in [0.5, 0.6) is 0 Å². The number of amides is 1. The summed E-state index contributed by atoms with van der Waals surface area (Å²) < 4.78 is 2.36. The molecule has 1 saturated carbocycles. The first-order valence-corrected chi connectivity index (χ1v) is 12.2. The highest BCUT2D eigenvalue weighted by molar-refractivity contribution is 5.81. The summed E-state index contributed by atoms with van der Waals surface area (Å²) in [5, 5.41) is 3.30. The summed E-state index contributed by atoms with van der Waals surface area (Å²) in [4.78, 5) is 20.2. The second-order valence-electron chi connectivity index (χ2n) is 9.66. The van der Waals surface area contributed by atoms with Crippen LogP contribution in [0.1, 0.15) is 55.2 Å². The van der Waals surface area contributed by atoms with E-state index in [1.165, 1.54) is 35.0 Å². The van der Waals surface area contributed by atoms with Crippen LogP contribution < -0.4 is 10.2 Å². The number of hydrogen-bond acceptors (Lipinski definition) is 3. The van der Waals surface area contributed by atoms with Gasteiger partial charge < -0.3 is 14.8 Å². The van der Waals surface area contributed by atoms with Crippen LogP contribution >= 0.6 is 0 Å². The van der Waals surface area contributed by atoms with Crippen molar-refractivity contribution in [2.45, 2.75) is 65.0 Å². The lowest BCUT2D eigenvalue weighted by Crippen LogP contribution is -2.43. The molecule has 5 rings (SSSR count). The third kappa shape index (κ3) is 4.25. The standard InChI is InChI=1S/C27H34N4O/c1-19-16-24-25(17-20(19)2)31(18-21-8-4-3-5-9-21)27(29-24)30-14-12-22(13-15-30)26(32)28-23-10-6-7-11-23/h3-5,8-9,16-17,22-23H,6-7,10-15,18H2,1-2H3,(H,28,32). The number of anilines is 1. The number of benzene rings is 2. The third-order valence-corrected chi connectivity index (χ3v) is 7.38. The van der Waals surface area contributed by atoms with Crippen LogP contribution in [-0.4, -0.2) is 34.6 Å². The molecule has 168 valence electrons. The Bertz CT molecular complexity index is 1090. The van der Waals surface area contributed by atoms with Gasteiger partial charge in [0.15, 0.2) is 0 Å². The molecule has 5 nitrogen and oxygen atoms in total. The molecule has 5 heteroatoms. The van der Waals surface area contributed by atoms with Gasteiger partial charge in [0.1, 0.15) is 0 Å². The predicted octanol–water partition coefficient (Wildman–Crippen LogP) is 4.98. The van der Waals surface area contributed by atoms with Gasteiger partial charge in [-0.25, -0.2) is 4.98 Å². The van der Waals surface area contributed by atoms with E-state index in [1.54, 1.807) is 0 Å². The molecule has 1 amide bonds. The van der Waals surface area contributed by atoms with E-state index >= 15 is 0 Å². The third-order valence-electron chi connectivity index (χ3n) is 7.38. The lowest BCUT2D eigenvalue weighted by atomic mass is 9.95. The molecule has 1 aromatic heterocycles. The Morgan fingerprint density at radius 1 is 1.00 bits per heavy atom. The molecule has 2 aromatic carbocycles. The molecule has 2 heterocycles. The van der Waals surface area contributed by atoms with Crippen molar-refractivity contribution in [2.24, 2.45) is 5.92 Å². The molecule has 2 aliphatic rings. The van der Waals surface area contributed by atoms with Gasteiger partial charge in [-0.3, -0.25) is 4.79 Å². The average Bonchev–Trinajstić information content (AvgIpc) is 3.43. The number of hydrogen-bond donors (Lipinski definition) is 1. The molecular formula is C27H34N4O. The van der Waals surface area contributed by atoms with Gasteiger partial charge in [0.25, 0.3) is 0 Å². The fraction of sp³-hybridized carbons (Fsp3) is 0.481. The number of aryl methyl sites for hydroxylation is 2. The first kappa shape index (κ1) is 21.0. The number of rotatable bonds is 5. The van der Waals surface area contributed by atoms with E-state index in [4.69, 9.17) is 4.98 Å².